The summed E-state index contributed by atoms with van der Waals surface area (Å²) in [6.07, 6.45) is 3.28. The van der Waals surface area contributed by atoms with E-state index in [4.69, 9.17) is 16.3 Å². The summed E-state index contributed by atoms with van der Waals surface area (Å²) in [6.45, 7) is 3.16. The number of anilines is 3. The third-order valence-corrected chi connectivity index (χ3v) is 6.45. The first kappa shape index (κ1) is 23.1. The Morgan fingerprint density at radius 1 is 1.12 bits per heavy atom. The summed E-state index contributed by atoms with van der Waals surface area (Å²) in [4.78, 5) is 25.8. The highest BCUT2D eigenvalue weighted by Crippen LogP contribution is 2.31. The van der Waals surface area contributed by atoms with Crippen LogP contribution in [0, 0.1) is 5.82 Å². The highest BCUT2D eigenvalue weighted by atomic mass is 35.5. The summed E-state index contributed by atoms with van der Waals surface area (Å²) in [6, 6.07) is 12.1. The predicted molar refractivity (Wildman–Crippen MR) is 130 cm³/mol. The minimum Gasteiger partial charge on any atom is -0.495 e. The van der Waals surface area contributed by atoms with Crippen LogP contribution in [0.3, 0.4) is 0 Å². The van der Waals surface area contributed by atoms with E-state index in [1.807, 2.05) is 18.2 Å². The van der Waals surface area contributed by atoms with Gasteiger partial charge in [-0.15, -0.1) is 0 Å². The van der Waals surface area contributed by atoms with Gasteiger partial charge in [-0.2, -0.15) is 0 Å². The fourth-order valence-electron chi connectivity index (χ4n) is 3.59. The van der Waals surface area contributed by atoms with Crippen LogP contribution < -0.4 is 19.9 Å². The van der Waals surface area contributed by atoms with Gasteiger partial charge >= 0.3 is 0 Å². The van der Waals surface area contributed by atoms with Crippen molar-refractivity contribution in [3.63, 3.8) is 0 Å². The van der Waals surface area contributed by atoms with Crippen molar-refractivity contribution >= 4 is 46.5 Å². The van der Waals surface area contributed by atoms with E-state index in [0.717, 1.165) is 43.4 Å². The Balaban J connectivity index is 1.37. The summed E-state index contributed by atoms with van der Waals surface area (Å²) in [5.41, 5.74) is 1.52. The zero-order chi connectivity index (χ0) is 23.2. The number of hydrogen-bond acceptors (Lipinski definition) is 7. The molecule has 2 heterocycles. The molecule has 1 aliphatic rings. The summed E-state index contributed by atoms with van der Waals surface area (Å²) >= 11 is 7.09. The molecule has 0 atom stereocenters. The van der Waals surface area contributed by atoms with Crippen molar-refractivity contribution in [3.05, 3.63) is 65.7 Å². The van der Waals surface area contributed by atoms with E-state index in [9.17, 15) is 9.18 Å². The van der Waals surface area contributed by atoms with E-state index >= 15 is 0 Å². The number of methoxy groups -OCH3 is 1. The minimum atomic E-state index is -0.529. The maximum Gasteiger partial charge on any atom is 0.234 e. The van der Waals surface area contributed by atoms with Gasteiger partial charge in [0.05, 0.1) is 23.6 Å². The lowest BCUT2D eigenvalue weighted by Gasteiger charge is -2.37. The summed E-state index contributed by atoms with van der Waals surface area (Å²) in [5, 5.41) is 3.38. The van der Waals surface area contributed by atoms with Gasteiger partial charge in [0.25, 0.3) is 0 Å². The van der Waals surface area contributed by atoms with Crippen molar-refractivity contribution in [2.75, 3.05) is 54.2 Å². The van der Waals surface area contributed by atoms with Gasteiger partial charge in [-0.25, -0.2) is 14.4 Å². The van der Waals surface area contributed by atoms with Gasteiger partial charge in [-0.1, -0.05) is 35.5 Å². The number of para-hydroxylation sites is 2. The Hall–Kier alpha value is -3.04. The molecule has 0 radical (unpaired) electrons. The van der Waals surface area contributed by atoms with Gasteiger partial charge in [-0.3, -0.25) is 4.79 Å². The van der Waals surface area contributed by atoms with E-state index in [2.05, 4.69) is 31.2 Å². The average molecular weight is 488 g/mol. The van der Waals surface area contributed by atoms with Crippen molar-refractivity contribution in [1.29, 1.82) is 0 Å². The van der Waals surface area contributed by atoms with Gasteiger partial charge in [0.2, 0.25) is 5.91 Å². The number of benzene rings is 2. The molecule has 0 bridgehead atoms. The SMILES string of the molecule is COc1ccccc1N1CCN(c2nccnc2SCC(=O)Nc2ccc(F)c(Cl)c2)CC1. The molecule has 1 saturated heterocycles. The van der Waals surface area contributed by atoms with Crippen LogP contribution in [-0.4, -0.2) is 54.9 Å². The molecule has 1 fully saturated rings. The minimum absolute atomic E-state index is 0.0380. The second-order valence-corrected chi connectivity index (χ2v) is 8.67. The van der Waals surface area contributed by atoms with Gasteiger partial charge in [-0.05, 0) is 30.3 Å². The Labute approximate surface area is 200 Å². The molecule has 172 valence electrons. The van der Waals surface area contributed by atoms with Crippen molar-refractivity contribution in [2.45, 2.75) is 5.03 Å². The molecule has 1 N–H and O–H groups in total. The smallest absolute Gasteiger partial charge is 0.234 e. The number of aromatic nitrogens is 2. The topological polar surface area (TPSA) is 70.6 Å². The normalized spacial score (nSPS) is 13.7. The molecular formula is C23H23ClFN5O2S. The first-order valence-corrected chi connectivity index (χ1v) is 11.7. The zero-order valence-electron chi connectivity index (χ0n) is 18.0. The lowest BCUT2D eigenvalue weighted by Crippen LogP contribution is -2.47. The third-order valence-electron chi connectivity index (χ3n) is 5.19. The van der Waals surface area contributed by atoms with E-state index in [1.165, 1.54) is 30.0 Å². The van der Waals surface area contributed by atoms with E-state index in [-0.39, 0.29) is 16.7 Å². The first-order chi connectivity index (χ1) is 16.0. The van der Waals surface area contributed by atoms with Gasteiger partial charge in [0.1, 0.15) is 16.6 Å². The Bertz CT molecular complexity index is 1130. The van der Waals surface area contributed by atoms with Gasteiger partial charge in [0.15, 0.2) is 5.82 Å². The van der Waals surface area contributed by atoms with Crippen molar-refractivity contribution < 1.29 is 13.9 Å². The number of hydrogen-bond donors (Lipinski definition) is 1. The van der Waals surface area contributed by atoms with Crippen LogP contribution in [0.5, 0.6) is 5.75 Å². The summed E-state index contributed by atoms with van der Waals surface area (Å²) in [7, 11) is 1.68. The molecule has 0 unspecified atom stereocenters. The van der Waals surface area contributed by atoms with Gasteiger partial charge in [0, 0.05) is 44.3 Å². The molecule has 3 aromatic rings. The van der Waals surface area contributed by atoms with Crippen LogP contribution in [0.25, 0.3) is 0 Å². The molecule has 7 nitrogen and oxygen atoms in total. The van der Waals surface area contributed by atoms with Crippen LogP contribution in [-0.2, 0) is 4.79 Å². The van der Waals surface area contributed by atoms with E-state index < -0.39 is 5.82 Å². The van der Waals surface area contributed by atoms with Crippen molar-refractivity contribution in [2.24, 2.45) is 0 Å². The summed E-state index contributed by atoms with van der Waals surface area (Å²) < 4.78 is 18.8. The molecule has 1 amide bonds. The number of rotatable bonds is 7. The highest BCUT2D eigenvalue weighted by molar-refractivity contribution is 8.00. The van der Waals surface area contributed by atoms with E-state index in [1.54, 1.807) is 19.5 Å². The second kappa shape index (κ2) is 10.7. The van der Waals surface area contributed by atoms with Crippen LogP contribution in [0.2, 0.25) is 5.02 Å². The Morgan fingerprint density at radius 3 is 2.61 bits per heavy atom. The number of carbonyl (C=O) groups excluding carboxylic acids is 1. The van der Waals surface area contributed by atoms with Crippen LogP contribution in [0.15, 0.2) is 59.9 Å². The third kappa shape index (κ3) is 5.66. The number of halogens is 2. The number of piperazine rings is 1. The fraction of sp³-hybridized carbons (Fsp3) is 0.261. The molecule has 4 rings (SSSR count). The lowest BCUT2D eigenvalue weighted by molar-refractivity contribution is -0.113. The molecule has 0 aliphatic carbocycles. The molecule has 33 heavy (non-hydrogen) atoms. The number of nitrogens with zero attached hydrogens (tertiary/aromatic N) is 4. The highest BCUT2D eigenvalue weighted by Gasteiger charge is 2.23. The monoisotopic (exact) mass is 487 g/mol. The van der Waals surface area contributed by atoms with Crippen LogP contribution in [0.4, 0.5) is 21.6 Å². The van der Waals surface area contributed by atoms with Crippen LogP contribution >= 0.6 is 23.4 Å². The molecule has 1 aliphatic heterocycles. The Morgan fingerprint density at radius 2 is 1.85 bits per heavy atom. The van der Waals surface area contributed by atoms with E-state index in [0.29, 0.717) is 10.7 Å². The predicted octanol–water partition coefficient (Wildman–Crippen LogP) is 4.34. The average Bonchev–Trinajstić information content (AvgIpc) is 2.85. The molecule has 10 heteroatoms. The Kier molecular flexibility index (Phi) is 7.51. The molecular weight excluding hydrogens is 465 g/mol. The summed E-state index contributed by atoms with van der Waals surface area (Å²) in [5.74, 6) is 0.997. The molecule has 0 spiro atoms. The number of ether oxygens (including phenoxy) is 1. The second-order valence-electron chi connectivity index (χ2n) is 7.30. The number of nitrogens with one attached hydrogen (secondary N) is 1. The largest absolute Gasteiger partial charge is 0.495 e. The van der Waals surface area contributed by atoms with Gasteiger partial charge < -0.3 is 19.9 Å². The standard InChI is InChI=1S/C23H23ClFN5O2S/c1-32-20-5-3-2-4-19(20)29-10-12-30(13-11-29)22-23(27-9-8-26-22)33-15-21(31)28-16-6-7-18(25)17(24)14-16/h2-9,14H,10-13,15H2,1H3,(H,28,31). The fourth-order valence-corrected chi connectivity index (χ4v) is 4.56. The zero-order valence-corrected chi connectivity index (χ0v) is 19.6. The lowest BCUT2D eigenvalue weighted by atomic mass is 10.2. The number of thioether (sulfide) groups is 1. The number of carbonyl (C=O) groups is 1. The molecule has 2 aromatic carbocycles. The quantitative estimate of drug-likeness (QED) is 0.497. The molecule has 1 aromatic heterocycles. The molecule has 0 saturated carbocycles. The maximum atomic E-state index is 13.3. The van der Waals surface area contributed by atoms with Crippen LogP contribution in [0.1, 0.15) is 0 Å². The number of amides is 1. The van der Waals surface area contributed by atoms with Crippen molar-refractivity contribution in [3.8, 4) is 5.75 Å². The maximum absolute atomic E-state index is 13.3. The first-order valence-electron chi connectivity index (χ1n) is 10.4. The van der Waals surface area contributed by atoms with Crippen molar-refractivity contribution in [1.82, 2.24) is 9.97 Å².